The molecule has 3 N–H and O–H groups in total. The first-order valence-corrected chi connectivity index (χ1v) is 7.23. The van der Waals surface area contributed by atoms with E-state index in [0.29, 0.717) is 16.3 Å². The summed E-state index contributed by atoms with van der Waals surface area (Å²) in [5.74, 6) is -0.391. The number of likely N-dealkylation sites (N-methyl/N-ethyl adjacent to an activating group) is 1. The van der Waals surface area contributed by atoms with Gasteiger partial charge in [-0.2, -0.15) is 0 Å². The Morgan fingerprint density at radius 1 is 1.27 bits per heavy atom. The maximum atomic E-state index is 12.2. The van der Waals surface area contributed by atoms with Crippen LogP contribution in [0, 0.1) is 0 Å². The molecule has 0 spiro atoms. The van der Waals surface area contributed by atoms with Crippen LogP contribution in [0.2, 0.25) is 5.02 Å². The lowest BCUT2D eigenvalue weighted by atomic mass is 10.0. The Morgan fingerprint density at radius 2 is 1.91 bits per heavy atom. The van der Waals surface area contributed by atoms with Crippen LogP contribution in [0.1, 0.15) is 37.6 Å². The number of hydrogen-bond donors (Lipinski definition) is 3. The van der Waals surface area contributed by atoms with Crippen molar-refractivity contribution in [1.29, 1.82) is 0 Å². The number of carbonyl (C=O) groups is 2. The molecule has 1 aromatic rings. The van der Waals surface area contributed by atoms with Gasteiger partial charge >= 0.3 is 0 Å². The summed E-state index contributed by atoms with van der Waals surface area (Å²) in [5, 5.41) is 8.68. The topological polar surface area (TPSA) is 70.2 Å². The number of rotatable bonds is 6. The molecule has 0 aliphatic rings. The van der Waals surface area contributed by atoms with Crippen LogP contribution < -0.4 is 16.0 Å². The Labute approximate surface area is 142 Å². The Hall–Kier alpha value is -1.30. The van der Waals surface area contributed by atoms with Crippen LogP contribution in [0.5, 0.6) is 0 Å². The molecule has 0 unspecified atom stereocenters. The molecular weight excluding hydrogens is 325 g/mol. The molecule has 0 aromatic heterocycles. The van der Waals surface area contributed by atoms with Crippen LogP contribution in [0.25, 0.3) is 0 Å². The van der Waals surface area contributed by atoms with Gasteiger partial charge in [0.1, 0.15) is 0 Å². The zero-order chi connectivity index (χ0) is 16.0. The molecular formula is C15H23Cl2N3O2. The van der Waals surface area contributed by atoms with Gasteiger partial charge in [0, 0.05) is 11.2 Å². The van der Waals surface area contributed by atoms with Gasteiger partial charge in [-0.25, -0.2) is 0 Å². The zero-order valence-corrected chi connectivity index (χ0v) is 14.8. The summed E-state index contributed by atoms with van der Waals surface area (Å²) in [7, 11) is 1.69. The van der Waals surface area contributed by atoms with Crippen LogP contribution in [-0.2, 0) is 4.79 Å². The molecule has 5 nitrogen and oxygen atoms in total. The van der Waals surface area contributed by atoms with E-state index in [1.807, 2.05) is 20.8 Å². The average Bonchev–Trinajstić information content (AvgIpc) is 2.38. The van der Waals surface area contributed by atoms with Gasteiger partial charge in [0.2, 0.25) is 5.91 Å². The first kappa shape index (κ1) is 20.7. The quantitative estimate of drug-likeness (QED) is 0.740. The van der Waals surface area contributed by atoms with E-state index in [2.05, 4.69) is 16.0 Å². The summed E-state index contributed by atoms with van der Waals surface area (Å²) < 4.78 is 0. The number of hydrogen-bond acceptors (Lipinski definition) is 3. The number of nitrogens with one attached hydrogen (secondary N) is 3. The van der Waals surface area contributed by atoms with E-state index < -0.39 is 0 Å². The molecule has 1 aromatic carbocycles. The SMILES string of the molecule is CCC(C)(C)NC(=O)c1ccc(NC(=O)CNC)cc1Cl.Cl. The van der Waals surface area contributed by atoms with Gasteiger partial charge in [-0.1, -0.05) is 18.5 Å². The molecule has 0 fully saturated rings. The molecule has 0 radical (unpaired) electrons. The zero-order valence-electron chi connectivity index (χ0n) is 13.2. The van der Waals surface area contributed by atoms with E-state index in [4.69, 9.17) is 11.6 Å². The van der Waals surface area contributed by atoms with E-state index in [9.17, 15) is 9.59 Å². The third-order valence-corrected chi connectivity index (χ3v) is 3.48. The summed E-state index contributed by atoms with van der Waals surface area (Å²) in [5.41, 5.74) is 0.663. The van der Waals surface area contributed by atoms with Gasteiger partial charge in [0.05, 0.1) is 17.1 Å². The highest BCUT2D eigenvalue weighted by atomic mass is 35.5. The van der Waals surface area contributed by atoms with Crippen LogP contribution >= 0.6 is 24.0 Å². The number of amides is 2. The first-order valence-electron chi connectivity index (χ1n) is 6.85. The van der Waals surface area contributed by atoms with E-state index in [-0.39, 0.29) is 36.3 Å². The minimum atomic E-state index is -0.292. The second-order valence-corrected chi connectivity index (χ2v) is 5.87. The van der Waals surface area contributed by atoms with Crippen molar-refractivity contribution in [2.45, 2.75) is 32.7 Å². The van der Waals surface area contributed by atoms with Crippen molar-refractivity contribution in [3.05, 3.63) is 28.8 Å². The van der Waals surface area contributed by atoms with Gasteiger partial charge < -0.3 is 16.0 Å². The minimum absolute atomic E-state index is 0. The van der Waals surface area contributed by atoms with E-state index in [1.165, 1.54) is 0 Å². The molecule has 0 atom stereocenters. The Kier molecular flexibility index (Phi) is 8.45. The van der Waals surface area contributed by atoms with Crippen molar-refractivity contribution in [1.82, 2.24) is 10.6 Å². The number of benzene rings is 1. The first-order chi connectivity index (χ1) is 9.79. The fourth-order valence-electron chi connectivity index (χ4n) is 1.61. The average molecular weight is 348 g/mol. The summed E-state index contributed by atoms with van der Waals surface area (Å²) in [6.07, 6.45) is 0.814. The van der Waals surface area contributed by atoms with E-state index >= 15 is 0 Å². The predicted octanol–water partition coefficient (Wildman–Crippen LogP) is 2.84. The van der Waals surface area contributed by atoms with Crippen LogP contribution in [0.4, 0.5) is 5.69 Å². The Balaban J connectivity index is 0.00000441. The fraction of sp³-hybridized carbons (Fsp3) is 0.467. The molecule has 0 bridgehead atoms. The standard InChI is InChI=1S/C15H22ClN3O2.ClH/c1-5-15(2,3)19-14(21)11-7-6-10(8-12(11)16)18-13(20)9-17-4;/h6-8,17H,5,9H2,1-4H3,(H,18,20)(H,19,21);1H. The normalized spacial score (nSPS) is 10.6. The molecule has 124 valence electrons. The largest absolute Gasteiger partial charge is 0.347 e. The molecule has 0 aliphatic carbocycles. The van der Waals surface area contributed by atoms with Crippen molar-refractivity contribution in [3.63, 3.8) is 0 Å². The molecule has 2 amide bonds. The van der Waals surface area contributed by atoms with E-state index in [1.54, 1.807) is 25.2 Å². The highest BCUT2D eigenvalue weighted by Gasteiger charge is 2.20. The fourth-order valence-corrected chi connectivity index (χ4v) is 1.87. The predicted molar refractivity (Wildman–Crippen MR) is 93.1 cm³/mol. The third-order valence-electron chi connectivity index (χ3n) is 3.17. The molecule has 0 saturated heterocycles. The molecule has 7 heteroatoms. The van der Waals surface area contributed by atoms with Crippen molar-refractivity contribution in [2.24, 2.45) is 0 Å². The van der Waals surface area contributed by atoms with E-state index in [0.717, 1.165) is 6.42 Å². The maximum Gasteiger partial charge on any atom is 0.253 e. The summed E-state index contributed by atoms with van der Waals surface area (Å²) in [6, 6.07) is 4.84. The van der Waals surface area contributed by atoms with Crippen molar-refractivity contribution >= 4 is 41.5 Å². The smallest absolute Gasteiger partial charge is 0.253 e. The van der Waals surface area contributed by atoms with Gasteiger partial charge in [-0.05, 0) is 45.5 Å². The number of halogens is 2. The molecule has 22 heavy (non-hydrogen) atoms. The van der Waals surface area contributed by atoms with Crippen LogP contribution in [0.15, 0.2) is 18.2 Å². The number of anilines is 1. The minimum Gasteiger partial charge on any atom is -0.347 e. The summed E-state index contributed by atoms with van der Waals surface area (Å²) in [6.45, 7) is 6.11. The lowest BCUT2D eigenvalue weighted by Gasteiger charge is -2.24. The third kappa shape index (κ3) is 6.22. The van der Waals surface area contributed by atoms with Gasteiger partial charge in [-0.3, -0.25) is 9.59 Å². The van der Waals surface area contributed by atoms with Gasteiger partial charge in [0.25, 0.3) is 5.91 Å². The van der Waals surface area contributed by atoms with Crippen molar-refractivity contribution in [3.8, 4) is 0 Å². The second-order valence-electron chi connectivity index (χ2n) is 5.46. The maximum absolute atomic E-state index is 12.2. The van der Waals surface area contributed by atoms with Crippen LogP contribution in [0.3, 0.4) is 0 Å². The summed E-state index contributed by atoms with van der Waals surface area (Å²) in [4.78, 5) is 23.7. The highest BCUT2D eigenvalue weighted by Crippen LogP contribution is 2.22. The molecule has 0 saturated carbocycles. The van der Waals surface area contributed by atoms with Gasteiger partial charge in [-0.15, -0.1) is 12.4 Å². The summed E-state index contributed by atoms with van der Waals surface area (Å²) >= 11 is 6.13. The lowest BCUT2D eigenvalue weighted by molar-refractivity contribution is -0.115. The van der Waals surface area contributed by atoms with Crippen molar-refractivity contribution in [2.75, 3.05) is 18.9 Å². The Morgan fingerprint density at radius 3 is 2.41 bits per heavy atom. The second kappa shape index (κ2) is 8.98. The molecule has 0 heterocycles. The van der Waals surface area contributed by atoms with Crippen LogP contribution in [-0.4, -0.2) is 30.9 Å². The molecule has 1 rings (SSSR count). The lowest BCUT2D eigenvalue weighted by Crippen LogP contribution is -2.42. The Bertz CT molecular complexity index is 534. The highest BCUT2D eigenvalue weighted by molar-refractivity contribution is 6.34. The van der Waals surface area contributed by atoms with Crippen molar-refractivity contribution < 1.29 is 9.59 Å². The molecule has 0 aliphatic heterocycles. The van der Waals surface area contributed by atoms with Gasteiger partial charge in [0.15, 0.2) is 0 Å². The number of carbonyl (C=O) groups excluding carboxylic acids is 2. The monoisotopic (exact) mass is 347 g/mol.